The molecule has 0 aromatic heterocycles. The summed E-state index contributed by atoms with van der Waals surface area (Å²) < 4.78 is 4.64. The number of hydrogen-bond acceptors (Lipinski definition) is 3. The van der Waals surface area contributed by atoms with Crippen molar-refractivity contribution in [2.45, 2.75) is 12.5 Å². The number of esters is 1. The number of rotatable bonds is 4. The zero-order chi connectivity index (χ0) is 12.2. The van der Waals surface area contributed by atoms with Gasteiger partial charge in [0.1, 0.15) is 11.5 Å². The number of benzene rings is 1. The van der Waals surface area contributed by atoms with Gasteiger partial charge in [-0.3, -0.25) is 4.79 Å². The highest BCUT2D eigenvalue weighted by Gasteiger charge is 2.37. The fourth-order valence-corrected chi connectivity index (χ4v) is 1.64. The summed E-state index contributed by atoms with van der Waals surface area (Å²) in [6, 6.07) is 8.99. The highest BCUT2D eigenvalue weighted by Crippen LogP contribution is 2.30. The van der Waals surface area contributed by atoms with Crippen LogP contribution in [0.2, 0.25) is 0 Å². The Balaban J connectivity index is 3.08. The van der Waals surface area contributed by atoms with Crippen LogP contribution in [0.15, 0.2) is 43.0 Å². The molecule has 0 amide bonds. The Morgan fingerprint density at radius 3 is 2.50 bits per heavy atom. The molecule has 16 heavy (non-hydrogen) atoms. The van der Waals surface area contributed by atoms with Crippen LogP contribution in [0, 0.1) is 5.92 Å². The SMILES string of the molecule is C=C[C@@H](C(=O)OC)C(C)(O)c1ccccc1. The van der Waals surface area contributed by atoms with Crippen LogP contribution in [0.5, 0.6) is 0 Å². The molecule has 0 heterocycles. The lowest BCUT2D eigenvalue weighted by Crippen LogP contribution is -2.36. The van der Waals surface area contributed by atoms with Gasteiger partial charge < -0.3 is 9.84 Å². The zero-order valence-electron chi connectivity index (χ0n) is 9.51. The van der Waals surface area contributed by atoms with E-state index < -0.39 is 17.5 Å². The summed E-state index contributed by atoms with van der Waals surface area (Å²) in [5.74, 6) is -1.27. The maximum atomic E-state index is 11.5. The van der Waals surface area contributed by atoms with Gasteiger partial charge in [0.05, 0.1) is 7.11 Å². The zero-order valence-corrected chi connectivity index (χ0v) is 9.51. The summed E-state index contributed by atoms with van der Waals surface area (Å²) in [5.41, 5.74) is -0.652. The molecule has 1 aromatic carbocycles. The molecule has 0 aliphatic rings. The standard InChI is InChI=1S/C13H16O3/c1-4-11(12(14)16-3)13(2,15)10-8-6-5-7-9-10/h4-9,11,15H,1H2,2-3H3/t11-,13?/m0/s1. The topological polar surface area (TPSA) is 46.5 Å². The normalized spacial score (nSPS) is 15.9. The minimum Gasteiger partial charge on any atom is -0.468 e. The van der Waals surface area contributed by atoms with E-state index in [-0.39, 0.29) is 0 Å². The minimum atomic E-state index is -1.31. The van der Waals surface area contributed by atoms with E-state index in [1.807, 2.05) is 6.07 Å². The Hall–Kier alpha value is -1.61. The van der Waals surface area contributed by atoms with E-state index in [4.69, 9.17) is 0 Å². The average molecular weight is 220 g/mol. The van der Waals surface area contributed by atoms with Crippen molar-refractivity contribution in [1.29, 1.82) is 0 Å². The number of aliphatic hydroxyl groups is 1. The average Bonchev–Trinajstić information content (AvgIpc) is 2.30. The number of hydrogen-bond donors (Lipinski definition) is 1. The molecule has 86 valence electrons. The van der Waals surface area contributed by atoms with E-state index in [0.29, 0.717) is 5.56 Å². The third-order valence-corrected chi connectivity index (χ3v) is 2.65. The molecular formula is C13H16O3. The first-order valence-electron chi connectivity index (χ1n) is 5.02. The van der Waals surface area contributed by atoms with Crippen molar-refractivity contribution in [3.05, 3.63) is 48.6 Å². The van der Waals surface area contributed by atoms with Crippen LogP contribution in [-0.4, -0.2) is 18.2 Å². The lowest BCUT2D eigenvalue weighted by Gasteiger charge is -2.29. The molecule has 0 radical (unpaired) electrons. The largest absolute Gasteiger partial charge is 0.468 e. The molecule has 1 rings (SSSR count). The summed E-state index contributed by atoms with van der Waals surface area (Å²) in [6.45, 7) is 5.14. The summed E-state index contributed by atoms with van der Waals surface area (Å²) in [6.07, 6.45) is 1.40. The van der Waals surface area contributed by atoms with E-state index in [1.165, 1.54) is 13.2 Å². The summed E-state index contributed by atoms with van der Waals surface area (Å²) in [4.78, 5) is 11.5. The summed E-state index contributed by atoms with van der Waals surface area (Å²) >= 11 is 0. The van der Waals surface area contributed by atoms with Crippen molar-refractivity contribution >= 4 is 5.97 Å². The van der Waals surface area contributed by atoms with E-state index >= 15 is 0 Å². The van der Waals surface area contributed by atoms with E-state index in [2.05, 4.69) is 11.3 Å². The molecule has 3 nitrogen and oxygen atoms in total. The van der Waals surface area contributed by atoms with E-state index in [0.717, 1.165) is 0 Å². The van der Waals surface area contributed by atoms with Crippen LogP contribution >= 0.6 is 0 Å². The van der Waals surface area contributed by atoms with Crippen LogP contribution in [-0.2, 0) is 15.1 Å². The second-order valence-corrected chi connectivity index (χ2v) is 3.75. The van der Waals surface area contributed by atoms with Crippen molar-refractivity contribution in [2.75, 3.05) is 7.11 Å². The molecule has 0 bridgehead atoms. The second-order valence-electron chi connectivity index (χ2n) is 3.75. The first-order valence-corrected chi connectivity index (χ1v) is 5.02. The fraction of sp³-hybridized carbons (Fsp3) is 0.308. The fourth-order valence-electron chi connectivity index (χ4n) is 1.64. The van der Waals surface area contributed by atoms with Gasteiger partial charge in [0.15, 0.2) is 0 Å². The minimum absolute atomic E-state index is 0.496. The number of ether oxygens (including phenoxy) is 1. The van der Waals surface area contributed by atoms with Gasteiger partial charge in [-0.2, -0.15) is 0 Å². The quantitative estimate of drug-likeness (QED) is 0.622. The second kappa shape index (κ2) is 4.94. The van der Waals surface area contributed by atoms with Crippen LogP contribution in [0.25, 0.3) is 0 Å². The predicted molar refractivity (Wildman–Crippen MR) is 61.7 cm³/mol. The van der Waals surface area contributed by atoms with Crippen molar-refractivity contribution in [1.82, 2.24) is 0 Å². The Kier molecular flexibility index (Phi) is 3.85. The third kappa shape index (κ3) is 2.31. The van der Waals surface area contributed by atoms with Crippen molar-refractivity contribution < 1.29 is 14.6 Å². The molecule has 1 aromatic rings. The summed E-state index contributed by atoms with van der Waals surface area (Å²) in [7, 11) is 1.29. The number of methoxy groups -OCH3 is 1. The Morgan fingerprint density at radius 2 is 2.06 bits per heavy atom. The Labute approximate surface area is 95.4 Å². The monoisotopic (exact) mass is 220 g/mol. The smallest absolute Gasteiger partial charge is 0.315 e. The molecule has 0 fully saturated rings. The van der Waals surface area contributed by atoms with Gasteiger partial charge in [-0.25, -0.2) is 0 Å². The van der Waals surface area contributed by atoms with Crippen LogP contribution in [0.3, 0.4) is 0 Å². The van der Waals surface area contributed by atoms with Crippen molar-refractivity contribution in [3.63, 3.8) is 0 Å². The Morgan fingerprint density at radius 1 is 1.50 bits per heavy atom. The molecular weight excluding hydrogens is 204 g/mol. The molecule has 0 saturated heterocycles. The lowest BCUT2D eigenvalue weighted by atomic mass is 9.83. The molecule has 0 aliphatic heterocycles. The third-order valence-electron chi connectivity index (χ3n) is 2.65. The van der Waals surface area contributed by atoms with Crippen LogP contribution in [0.1, 0.15) is 12.5 Å². The van der Waals surface area contributed by atoms with E-state index in [9.17, 15) is 9.90 Å². The van der Waals surface area contributed by atoms with Gasteiger partial charge in [0.2, 0.25) is 0 Å². The van der Waals surface area contributed by atoms with Crippen LogP contribution in [0.4, 0.5) is 0 Å². The predicted octanol–water partition coefficient (Wildman–Crippen LogP) is 1.87. The molecule has 0 saturated carbocycles. The molecule has 1 N–H and O–H groups in total. The number of carbonyl (C=O) groups is 1. The van der Waals surface area contributed by atoms with Gasteiger partial charge in [-0.1, -0.05) is 36.4 Å². The lowest BCUT2D eigenvalue weighted by molar-refractivity contribution is -0.152. The highest BCUT2D eigenvalue weighted by molar-refractivity contribution is 5.76. The maximum absolute atomic E-state index is 11.5. The maximum Gasteiger partial charge on any atom is 0.315 e. The molecule has 2 atom stereocenters. The number of carbonyl (C=O) groups excluding carboxylic acids is 1. The van der Waals surface area contributed by atoms with Gasteiger partial charge in [-0.15, -0.1) is 6.58 Å². The highest BCUT2D eigenvalue weighted by atomic mass is 16.5. The Bertz CT molecular complexity index is 368. The van der Waals surface area contributed by atoms with Gasteiger partial charge in [-0.05, 0) is 12.5 Å². The molecule has 0 aliphatic carbocycles. The van der Waals surface area contributed by atoms with Crippen molar-refractivity contribution in [3.8, 4) is 0 Å². The van der Waals surface area contributed by atoms with Gasteiger partial charge in [0, 0.05) is 0 Å². The first-order chi connectivity index (χ1) is 7.54. The van der Waals surface area contributed by atoms with Crippen LogP contribution < -0.4 is 0 Å². The first kappa shape index (κ1) is 12.5. The molecule has 1 unspecified atom stereocenters. The van der Waals surface area contributed by atoms with Crippen molar-refractivity contribution in [2.24, 2.45) is 5.92 Å². The van der Waals surface area contributed by atoms with Gasteiger partial charge >= 0.3 is 5.97 Å². The molecule has 3 heteroatoms. The van der Waals surface area contributed by atoms with E-state index in [1.54, 1.807) is 31.2 Å². The van der Waals surface area contributed by atoms with Gasteiger partial charge in [0.25, 0.3) is 0 Å². The summed E-state index contributed by atoms with van der Waals surface area (Å²) in [5, 5.41) is 10.4. The molecule has 0 spiro atoms.